The van der Waals surface area contributed by atoms with E-state index in [2.05, 4.69) is 23.5 Å². The molecule has 0 aliphatic rings. The van der Waals surface area contributed by atoms with Crippen LogP contribution in [0.2, 0.25) is 0 Å². The minimum atomic E-state index is 0. The van der Waals surface area contributed by atoms with Crippen LogP contribution < -0.4 is 14.8 Å². The van der Waals surface area contributed by atoms with Crippen molar-refractivity contribution < 1.29 is 9.47 Å². The van der Waals surface area contributed by atoms with Gasteiger partial charge in [0.1, 0.15) is 11.5 Å². The van der Waals surface area contributed by atoms with Crippen LogP contribution in [0.5, 0.6) is 11.5 Å². The molecule has 0 bridgehead atoms. The molecule has 6 heteroatoms. The molecule has 0 amide bonds. The van der Waals surface area contributed by atoms with Gasteiger partial charge in [-0.2, -0.15) is 0 Å². The van der Waals surface area contributed by atoms with Crippen molar-refractivity contribution in [1.82, 2.24) is 10.3 Å². The second-order valence-corrected chi connectivity index (χ2v) is 5.81. The third-order valence-corrected chi connectivity index (χ3v) is 3.80. The zero-order valence-corrected chi connectivity index (χ0v) is 18.5. The Bertz CT molecular complexity index is 823. The Balaban J connectivity index is 0.00000137. The first kappa shape index (κ1) is 25.7. The van der Waals surface area contributed by atoms with E-state index in [-0.39, 0.29) is 24.8 Å². The summed E-state index contributed by atoms with van der Waals surface area (Å²) >= 11 is 0. The van der Waals surface area contributed by atoms with E-state index in [0.717, 1.165) is 39.6 Å². The lowest BCUT2D eigenvalue weighted by Crippen LogP contribution is -1.92. The van der Waals surface area contributed by atoms with E-state index in [1.165, 1.54) is 0 Å². The van der Waals surface area contributed by atoms with Gasteiger partial charge in [-0.3, -0.25) is 4.98 Å². The monoisotopic (exact) mass is 422 g/mol. The maximum absolute atomic E-state index is 5.24. The van der Waals surface area contributed by atoms with Gasteiger partial charge in [-0.1, -0.05) is 18.2 Å². The minimum Gasteiger partial charge on any atom is -0.497 e. The third kappa shape index (κ3) is 6.71. The Morgan fingerprint density at radius 2 is 1.11 bits per heavy atom. The molecule has 4 nitrogen and oxygen atoms in total. The van der Waals surface area contributed by atoms with Crippen molar-refractivity contribution in [2.75, 3.05) is 28.3 Å². The van der Waals surface area contributed by atoms with Gasteiger partial charge in [-0.05, 0) is 69.0 Å². The lowest BCUT2D eigenvalue weighted by Gasteiger charge is -2.11. The Labute approximate surface area is 180 Å². The normalized spacial score (nSPS) is 9.18. The molecule has 0 aliphatic carbocycles. The average molecular weight is 423 g/mol. The standard InChI is InChI=1S/C20H19NO2.C2H7N.2ClH/c1-14-4-13-19(15-5-9-17(22-2)10-6-15)20(21-14)16-7-11-18(23-3)12-8-16;1-3-2;;/h4-13H,1-3H3;3H,1-2H3;2*1H. The van der Waals surface area contributed by atoms with Gasteiger partial charge in [0.05, 0.1) is 19.9 Å². The number of benzene rings is 2. The average Bonchev–Trinajstić information content (AvgIpc) is 2.69. The van der Waals surface area contributed by atoms with Crippen LogP contribution in [-0.2, 0) is 0 Å². The molecule has 0 fully saturated rings. The molecule has 0 aliphatic heterocycles. The van der Waals surface area contributed by atoms with Crippen molar-refractivity contribution in [1.29, 1.82) is 0 Å². The van der Waals surface area contributed by atoms with E-state index >= 15 is 0 Å². The number of nitrogens with one attached hydrogen (secondary N) is 1. The predicted octanol–water partition coefficient (Wildman–Crippen LogP) is 5.42. The second kappa shape index (κ2) is 13.0. The first-order valence-electron chi connectivity index (χ1n) is 8.48. The van der Waals surface area contributed by atoms with E-state index < -0.39 is 0 Å². The van der Waals surface area contributed by atoms with E-state index in [1.807, 2.05) is 63.5 Å². The van der Waals surface area contributed by atoms with Crippen LogP contribution in [0.1, 0.15) is 5.69 Å². The molecule has 1 heterocycles. The van der Waals surface area contributed by atoms with E-state index in [4.69, 9.17) is 14.5 Å². The zero-order valence-electron chi connectivity index (χ0n) is 16.9. The lowest BCUT2D eigenvalue weighted by molar-refractivity contribution is 0.414. The molecule has 0 unspecified atom stereocenters. The lowest BCUT2D eigenvalue weighted by atomic mass is 9.98. The summed E-state index contributed by atoms with van der Waals surface area (Å²) < 4.78 is 10.5. The molecule has 2 aromatic carbocycles. The van der Waals surface area contributed by atoms with E-state index in [1.54, 1.807) is 14.2 Å². The Kier molecular flexibility index (Phi) is 11.9. The topological polar surface area (TPSA) is 43.4 Å². The van der Waals surface area contributed by atoms with Crippen molar-refractivity contribution in [2.45, 2.75) is 6.92 Å². The number of aryl methyl sites for hydroxylation is 1. The summed E-state index contributed by atoms with van der Waals surface area (Å²) in [6.45, 7) is 2.00. The molecule has 1 aromatic heterocycles. The highest BCUT2D eigenvalue weighted by Gasteiger charge is 2.10. The number of rotatable bonds is 4. The maximum atomic E-state index is 5.24. The van der Waals surface area contributed by atoms with E-state index in [9.17, 15) is 0 Å². The summed E-state index contributed by atoms with van der Waals surface area (Å²) in [4.78, 5) is 4.75. The molecule has 28 heavy (non-hydrogen) atoms. The fraction of sp³-hybridized carbons (Fsp3) is 0.227. The molecule has 0 radical (unpaired) electrons. The van der Waals surface area contributed by atoms with Gasteiger partial charge < -0.3 is 14.8 Å². The fourth-order valence-electron chi connectivity index (χ4n) is 2.53. The molecule has 1 N–H and O–H groups in total. The number of ether oxygens (including phenoxy) is 2. The van der Waals surface area contributed by atoms with Crippen molar-refractivity contribution in [3.8, 4) is 33.9 Å². The SMILES string of the molecule is CNC.COc1ccc(-c2ccc(C)nc2-c2ccc(OC)cc2)cc1.Cl.Cl. The summed E-state index contributed by atoms with van der Waals surface area (Å²) in [6.07, 6.45) is 0. The highest BCUT2D eigenvalue weighted by Crippen LogP contribution is 2.32. The number of aromatic nitrogens is 1. The summed E-state index contributed by atoms with van der Waals surface area (Å²) in [5.41, 5.74) is 5.25. The van der Waals surface area contributed by atoms with Crippen LogP contribution in [0.15, 0.2) is 60.7 Å². The molecule has 3 rings (SSSR count). The smallest absolute Gasteiger partial charge is 0.118 e. The molecule has 0 saturated carbocycles. The highest BCUT2D eigenvalue weighted by molar-refractivity contribution is 5.85. The van der Waals surface area contributed by atoms with Crippen LogP contribution in [0, 0.1) is 6.92 Å². The quantitative estimate of drug-likeness (QED) is 0.609. The minimum absolute atomic E-state index is 0. The molecule has 0 saturated heterocycles. The van der Waals surface area contributed by atoms with Crippen molar-refractivity contribution in [3.63, 3.8) is 0 Å². The largest absolute Gasteiger partial charge is 0.497 e. The molecule has 152 valence electrons. The number of nitrogens with zero attached hydrogens (tertiary/aromatic N) is 1. The van der Waals surface area contributed by atoms with Crippen molar-refractivity contribution >= 4 is 24.8 Å². The van der Waals surface area contributed by atoms with Crippen LogP contribution in [0.4, 0.5) is 0 Å². The molecular formula is C22H28Cl2N2O2. The van der Waals surface area contributed by atoms with Crippen molar-refractivity contribution in [3.05, 3.63) is 66.4 Å². The zero-order chi connectivity index (χ0) is 18.9. The van der Waals surface area contributed by atoms with Crippen LogP contribution in [0.3, 0.4) is 0 Å². The predicted molar refractivity (Wildman–Crippen MR) is 122 cm³/mol. The summed E-state index contributed by atoms with van der Waals surface area (Å²) in [7, 11) is 7.09. The van der Waals surface area contributed by atoms with E-state index in [0.29, 0.717) is 0 Å². The van der Waals surface area contributed by atoms with Crippen LogP contribution in [-0.4, -0.2) is 33.3 Å². The van der Waals surface area contributed by atoms with Crippen molar-refractivity contribution in [2.24, 2.45) is 0 Å². The van der Waals surface area contributed by atoms with Crippen LogP contribution in [0.25, 0.3) is 22.4 Å². The van der Waals surface area contributed by atoms with Gasteiger partial charge in [-0.15, -0.1) is 24.8 Å². The van der Waals surface area contributed by atoms with Gasteiger partial charge in [0.15, 0.2) is 0 Å². The fourth-order valence-corrected chi connectivity index (χ4v) is 2.53. The Hall–Kier alpha value is -2.27. The van der Waals surface area contributed by atoms with Gasteiger partial charge >= 0.3 is 0 Å². The maximum Gasteiger partial charge on any atom is 0.118 e. The molecular weight excluding hydrogens is 395 g/mol. The number of hydrogen-bond acceptors (Lipinski definition) is 4. The first-order chi connectivity index (χ1) is 12.6. The van der Waals surface area contributed by atoms with Gasteiger partial charge in [0, 0.05) is 16.8 Å². The summed E-state index contributed by atoms with van der Waals surface area (Å²) in [6, 6.07) is 20.2. The van der Waals surface area contributed by atoms with Gasteiger partial charge in [-0.25, -0.2) is 0 Å². The molecule has 0 spiro atoms. The number of halogens is 2. The van der Waals surface area contributed by atoms with Gasteiger partial charge in [0.2, 0.25) is 0 Å². The van der Waals surface area contributed by atoms with Crippen LogP contribution >= 0.6 is 24.8 Å². The summed E-state index contributed by atoms with van der Waals surface area (Å²) in [5.74, 6) is 1.69. The number of methoxy groups -OCH3 is 2. The second-order valence-electron chi connectivity index (χ2n) is 5.81. The molecule has 3 aromatic rings. The summed E-state index contributed by atoms with van der Waals surface area (Å²) in [5, 5.41) is 2.75. The molecule has 0 atom stereocenters. The number of hydrogen-bond donors (Lipinski definition) is 1. The third-order valence-electron chi connectivity index (χ3n) is 3.80. The highest BCUT2D eigenvalue weighted by atomic mass is 35.5. The number of pyridine rings is 1. The first-order valence-corrected chi connectivity index (χ1v) is 8.48. The Morgan fingerprint density at radius 1 is 0.679 bits per heavy atom. The Morgan fingerprint density at radius 3 is 1.54 bits per heavy atom. The van der Waals surface area contributed by atoms with Gasteiger partial charge in [0.25, 0.3) is 0 Å².